The predicted octanol–water partition coefficient (Wildman–Crippen LogP) is 13.6. The van der Waals surface area contributed by atoms with Gasteiger partial charge in [-0.2, -0.15) is 39.5 Å². The first kappa shape index (κ1) is 78.4. The molecule has 3 atom stereocenters. The SMILES string of the molecule is C.N.O=C(Nc1ccc(C(F)(F)F)cc1)N1CCC(F)(c2ncc(C(O)CO)cc2Cl)CC1.O=C(Nc1ccc(C(F)(F)F)cc1)N1CCC(F)(c2ncc([C@@H](O)CO)cc2Cl)CC1.O=C(Nc1ccc(C(F)(F)F)cc1)N1CCC(F)(c2ncc([C@H](O)CO)cc2Cl)CC1. The molecule has 0 saturated carbocycles. The number of hydrogen-bond acceptors (Lipinski definition) is 13. The topological polar surface area (TPSA) is 292 Å². The van der Waals surface area contributed by atoms with Crippen LogP contribution in [0.15, 0.2) is 110 Å². The molecular weight excluding hydrogens is 1350 g/mol. The number of hydrogen-bond donors (Lipinski definition) is 10. The maximum atomic E-state index is 15.5. The number of likely N-dealkylation sites (tertiary alicyclic amines) is 3. The van der Waals surface area contributed by atoms with E-state index >= 15 is 13.2 Å². The largest absolute Gasteiger partial charge is 0.416 e. The third kappa shape index (κ3) is 20.1. The molecule has 6 aromatic rings. The number of aliphatic hydroxyl groups excluding tert-OH is 6. The van der Waals surface area contributed by atoms with Gasteiger partial charge in [-0.05, 0) is 91.0 Å². The van der Waals surface area contributed by atoms with Gasteiger partial charge in [0, 0.05) is 130 Å². The third-order valence-electron chi connectivity index (χ3n) is 15.5. The highest BCUT2D eigenvalue weighted by Gasteiger charge is 2.44. The summed E-state index contributed by atoms with van der Waals surface area (Å²) in [7, 11) is 0. The normalized spacial score (nSPS) is 17.0. The second kappa shape index (κ2) is 32.6. The Kier molecular flexibility index (Phi) is 26.9. The van der Waals surface area contributed by atoms with E-state index in [1.807, 2.05) is 0 Å². The number of halogens is 15. The maximum absolute atomic E-state index is 15.5. The molecule has 1 unspecified atom stereocenters. The van der Waals surface area contributed by atoms with Gasteiger partial charge in [-0.1, -0.05) is 42.2 Å². The lowest BCUT2D eigenvalue weighted by Gasteiger charge is -2.36. The Labute approximate surface area is 551 Å². The van der Waals surface area contributed by atoms with Crippen LogP contribution in [0.3, 0.4) is 0 Å². The number of anilines is 3. The zero-order valence-corrected chi connectivity index (χ0v) is 51.5. The van der Waals surface area contributed by atoms with Gasteiger partial charge in [0.05, 0.1) is 68.7 Å². The molecule has 6 amide bonds. The molecule has 0 spiro atoms. The van der Waals surface area contributed by atoms with Gasteiger partial charge < -0.3 is 67.4 Å². The van der Waals surface area contributed by atoms with Crippen molar-refractivity contribution in [2.24, 2.45) is 0 Å². The fraction of sp³-hybridized carbons (Fsp3) is 0.410. The van der Waals surface area contributed by atoms with Gasteiger partial charge in [0.2, 0.25) is 0 Å². The molecule has 3 aliphatic rings. The first-order chi connectivity index (χ1) is 43.6. The first-order valence-electron chi connectivity index (χ1n) is 28.2. The third-order valence-corrected chi connectivity index (χ3v) is 16.3. The summed E-state index contributed by atoms with van der Waals surface area (Å²) in [5, 5.41) is 63.4. The molecule has 3 saturated heterocycles. The van der Waals surface area contributed by atoms with E-state index in [-0.39, 0.29) is 157 Å². The minimum Gasteiger partial charge on any atom is -0.393 e. The molecule has 0 bridgehead atoms. The minimum absolute atomic E-state index is 0. The number of aliphatic hydroxyl groups is 6. The lowest BCUT2D eigenvalue weighted by Crippen LogP contribution is -2.45. The van der Waals surface area contributed by atoms with Crippen molar-refractivity contribution in [1.82, 2.24) is 35.8 Å². The molecule has 6 heterocycles. The number of pyridine rings is 3. The molecule has 9 rings (SSSR count). The molecule has 3 aromatic carbocycles. The van der Waals surface area contributed by atoms with Crippen molar-refractivity contribution >= 4 is 70.0 Å². The van der Waals surface area contributed by atoms with Crippen LogP contribution in [0, 0.1) is 0 Å². The summed E-state index contributed by atoms with van der Waals surface area (Å²) in [6.45, 7) is -1.32. The Bertz CT molecular complexity index is 3160. The van der Waals surface area contributed by atoms with Crippen LogP contribution in [0.2, 0.25) is 15.1 Å². The monoisotopic (exact) mass is 1420 g/mol. The standard InChI is InChI=1S/3C20H20ClF4N3O3.CH4.H3N/c3*21-15-9-12(16(30)11-29)10-26-17(15)19(22)5-7-28(8-6-19)18(31)27-14-3-1-13(2-4-14)20(23,24)25;;/h3*1-4,9-10,16,29-30H,5-8,11H2,(H,27,31);1H4;1H3/t2*16-;;;/m10.../s1. The number of alkyl halides is 12. The molecule has 3 fully saturated rings. The minimum atomic E-state index is -4.47. The van der Waals surface area contributed by atoms with Gasteiger partial charge in [-0.15, -0.1) is 0 Å². The number of nitrogens with one attached hydrogen (secondary N) is 3. The molecule has 3 aromatic heterocycles. The summed E-state index contributed by atoms with van der Waals surface area (Å²) in [5.41, 5.74) is -6.81. The zero-order valence-electron chi connectivity index (χ0n) is 49.2. The fourth-order valence-corrected chi connectivity index (χ4v) is 11.0. The molecule has 19 nitrogen and oxygen atoms in total. The number of amides is 6. The number of urea groups is 3. The fourth-order valence-electron chi connectivity index (χ4n) is 9.95. The second-order valence-electron chi connectivity index (χ2n) is 21.8. The van der Waals surface area contributed by atoms with E-state index in [9.17, 15) is 69.2 Å². The number of carbonyl (C=O) groups excluding carboxylic acids is 3. The molecule has 34 heteroatoms. The van der Waals surface area contributed by atoms with Crippen LogP contribution in [-0.2, 0) is 35.5 Å². The van der Waals surface area contributed by atoms with E-state index in [1.165, 1.54) is 51.5 Å². The van der Waals surface area contributed by atoms with E-state index in [1.54, 1.807) is 0 Å². The summed E-state index contributed by atoms with van der Waals surface area (Å²) in [6, 6.07) is 14.4. The number of nitrogens with zero attached hydrogens (tertiary/aromatic N) is 6. The Morgan fingerprint density at radius 2 is 0.632 bits per heavy atom. The van der Waals surface area contributed by atoms with Gasteiger partial charge in [0.1, 0.15) is 18.3 Å². The maximum Gasteiger partial charge on any atom is 0.416 e. The van der Waals surface area contributed by atoms with Gasteiger partial charge in [0.15, 0.2) is 17.0 Å². The van der Waals surface area contributed by atoms with Crippen molar-refractivity contribution in [3.05, 3.63) is 175 Å². The Morgan fingerprint density at radius 1 is 0.432 bits per heavy atom. The predicted molar refractivity (Wildman–Crippen MR) is 328 cm³/mol. The summed E-state index contributed by atoms with van der Waals surface area (Å²) in [5.74, 6) is 0. The van der Waals surface area contributed by atoms with Gasteiger partial charge in [0.25, 0.3) is 0 Å². The smallest absolute Gasteiger partial charge is 0.393 e. The number of aromatic nitrogens is 3. The molecule has 3 aliphatic heterocycles. The van der Waals surface area contributed by atoms with E-state index in [0.29, 0.717) is 0 Å². The summed E-state index contributed by atoms with van der Waals surface area (Å²) in [6.07, 6.45) is -13.7. The zero-order chi connectivity index (χ0) is 68.4. The van der Waals surface area contributed by atoms with Crippen LogP contribution in [0.4, 0.5) is 84.1 Å². The van der Waals surface area contributed by atoms with Crippen LogP contribution in [-0.4, -0.2) is 137 Å². The number of carbonyl (C=O) groups is 3. The Hall–Kier alpha value is -7.33. The average molecular weight is 1420 g/mol. The van der Waals surface area contributed by atoms with E-state index in [2.05, 4.69) is 30.9 Å². The van der Waals surface area contributed by atoms with E-state index < -0.39 is 108 Å². The lowest BCUT2D eigenvalue weighted by atomic mass is 9.89. The molecule has 0 radical (unpaired) electrons. The number of benzene rings is 3. The van der Waals surface area contributed by atoms with Crippen molar-refractivity contribution in [2.45, 2.75) is 99.8 Å². The molecular formula is C61H67Cl3F12N10O9. The van der Waals surface area contributed by atoms with Crippen LogP contribution < -0.4 is 22.1 Å². The lowest BCUT2D eigenvalue weighted by molar-refractivity contribution is -0.138. The van der Waals surface area contributed by atoms with Crippen molar-refractivity contribution in [3.8, 4) is 0 Å². The van der Waals surface area contributed by atoms with Gasteiger partial charge in [-0.25, -0.2) is 27.6 Å². The number of piperidine rings is 3. The highest BCUT2D eigenvalue weighted by molar-refractivity contribution is 6.32. The van der Waals surface area contributed by atoms with Crippen LogP contribution in [0.5, 0.6) is 0 Å². The molecule has 12 N–H and O–H groups in total. The van der Waals surface area contributed by atoms with Gasteiger partial charge >= 0.3 is 36.6 Å². The average Bonchev–Trinajstić information content (AvgIpc) is 0.800. The van der Waals surface area contributed by atoms with E-state index in [0.717, 1.165) is 72.8 Å². The van der Waals surface area contributed by atoms with Gasteiger partial charge in [-0.3, -0.25) is 15.0 Å². The molecule has 0 aliphatic carbocycles. The Balaban J connectivity index is 0.000000255. The quantitative estimate of drug-likeness (QED) is 0.0511. The second-order valence-corrected chi connectivity index (χ2v) is 23.0. The summed E-state index contributed by atoms with van der Waals surface area (Å²) < 4.78 is 160. The molecule has 520 valence electrons. The molecule has 95 heavy (non-hydrogen) atoms. The van der Waals surface area contributed by atoms with E-state index in [4.69, 9.17) is 50.1 Å². The number of rotatable bonds is 12. The van der Waals surface area contributed by atoms with Crippen LogP contribution in [0.1, 0.15) is 115 Å². The Morgan fingerprint density at radius 3 is 0.800 bits per heavy atom. The van der Waals surface area contributed by atoms with Crippen molar-refractivity contribution < 1.29 is 97.7 Å². The van der Waals surface area contributed by atoms with Crippen LogP contribution >= 0.6 is 34.8 Å². The summed E-state index contributed by atoms with van der Waals surface area (Å²) >= 11 is 18.4. The van der Waals surface area contributed by atoms with Crippen molar-refractivity contribution in [2.75, 3.05) is 75.0 Å². The first-order valence-corrected chi connectivity index (χ1v) is 29.3. The van der Waals surface area contributed by atoms with Crippen LogP contribution in [0.25, 0.3) is 0 Å². The highest BCUT2D eigenvalue weighted by atomic mass is 35.5. The van der Waals surface area contributed by atoms with Crippen molar-refractivity contribution in [1.29, 1.82) is 0 Å². The van der Waals surface area contributed by atoms with Crippen molar-refractivity contribution in [3.63, 3.8) is 0 Å². The highest BCUT2D eigenvalue weighted by Crippen LogP contribution is 2.44. The summed E-state index contributed by atoms with van der Waals surface area (Å²) in [4.78, 5) is 53.3.